The van der Waals surface area contributed by atoms with Crippen molar-refractivity contribution in [2.75, 3.05) is 0 Å². The normalized spacial score (nSPS) is 18.4. The van der Waals surface area contributed by atoms with Crippen molar-refractivity contribution in [3.8, 4) is 10.8 Å². The van der Waals surface area contributed by atoms with Crippen molar-refractivity contribution in [2.24, 2.45) is 0 Å². The van der Waals surface area contributed by atoms with E-state index in [2.05, 4.69) is 25.9 Å². The van der Waals surface area contributed by atoms with Crippen LogP contribution in [0.25, 0.3) is 10.8 Å². The van der Waals surface area contributed by atoms with Crippen LogP contribution in [-0.4, -0.2) is 62.9 Å². The van der Waals surface area contributed by atoms with Crippen molar-refractivity contribution in [3.63, 3.8) is 0 Å². The Kier molecular flexibility index (Phi) is 9.49. The fourth-order valence-corrected chi connectivity index (χ4v) is 7.92. The second-order valence-corrected chi connectivity index (χ2v) is 13.8. The zero-order valence-electron chi connectivity index (χ0n) is 25.4. The van der Waals surface area contributed by atoms with Gasteiger partial charge in [-0.15, -0.1) is 23.1 Å². The lowest BCUT2D eigenvalue weighted by Gasteiger charge is -2.51. The van der Waals surface area contributed by atoms with Gasteiger partial charge in [0, 0.05) is 54.4 Å². The third kappa shape index (κ3) is 6.46. The zero-order chi connectivity index (χ0) is 35.7. The van der Waals surface area contributed by atoms with Gasteiger partial charge in [-0.1, -0.05) is 15.9 Å². The molecule has 20 heteroatoms. The number of nitrogens with zero attached hydrogens (tertiary/aromatic N) is 6. The van der Waals surface area contributed by atoms with Crippen molar-refractivity contribution < 1.29 is 43.2 Å². The van der Waals surface area contributed by atoms with E-state index in [1.165, 1.54) is 71.2 Å². The van der Waals surface area contributed by atoms with Crippen LogP contribution in [0.4, 0.5) is 16.2 Å². The minimum absolute atomic E-state index is 0.00245. The lowest BCUT2D eigenvalue weighted by atomic mass is 9.89. The van der Waals surface area contributed by atoms with Gasteiger partial charge in [0.2, 0.25) is 0 Å². The number of rotatable bonds is 11. The Morgan fingerprint density at radius 3 is 2.14 bits per heavy atom. The van der Waals surface area contributed by atoms with E-state index in [1.807, 2.05) is 0 Å². The first-order valence-corrected chi connectivity index (χ1v) is 16.9. The first-order valence-electron chi connectivity index (χ1n) is 14.2. The molecule has 4 heterocycles. The van der Waals surface area contributed by atoms with Gasteiger partial charge in [0.25, 0.3) is 17.3 Å². The molecule has 6 rings (SSSR count). The molecule has 50 heavy (non-hydrogen) atoms. The number of carbonyl (C=O) groups excluding carboxylic acids is 4. The van der Waals surface area contributed by atoms with Crippen LogP contribution < -0.4 is 0 Å². The van der Waals surface area contributed by atoms with Gasteiger partial charge >= 0.3 is 18.0 Å². The van der Waals surface area contributed by atoms with Crippen molar-refractivity contribution in [1.82, 2.24) is 19.4 Å². The number of fused-ring (bicyclic) bond motifs is 1. The largest absolute Gasteiger partial charge is 0.456 e. The van der Waals surface area contributed by atoms with Gasteiger partial charge in [-0.2, -0.15) is 0 Å². The van der Waals surface area contributed by atoms with Gasteiger partial charge in [0.15, 0.2) is 21.3 Å². The number of hydrogen-bond donors (Lipinski definition) is 0. The van der Waals surface area contributed by atoms with E-state index in [9.17, 15) is 39.4 Å². The van der Waals surface area contributed by atoms with Gasteiger partial charge in [0.1, 0.15) is 30.0 Å². The number of carbonyl (C=O) groups is 4. The fraction of sp³-hybridized carbons (Fsp3) is 0.200. The number of thioether (sulfide) groups is 1. The SMILES string of the molecule is CC(=O)OC(c1cn(C(=O)OCc2ccc([N+](=O)[O-])cc2)c(-c2nccs2)n1)C1(Br)C(=O)N2C(C(=O)OCc3ccc([N+](=O)[O-])cc3)=CSC21. The number of β-lactam (4-membered cyclic amide) rings is 1. The first-order chi connectivity index (χ1) is 23.9. The molecule has 0 N–H and O–H groups in total. The minimum Gasteiger partial charge on any atom is -0.456 e. The van der Waals surface area contributed by atoms with Crippen LogP contribution >= 0.6 is 39.0 Å². The maximum Gasteiger partial charge on any atom is 0.420 e. The monoisotopic (exact) mass is 784 g/mol. The topological polar surface area (TPSA) is 216 Å². The second kappa shape index (κ2) is 13.8. The van der Waals surface area contributed by atoms with Crippen LogP contribution in [0.15, 0.2) is 77.4 Å². The Balaban J connectivity index is 1.22. The number of hydrogen-bond acceptors (Lipinski definition) is 15. The summed E-state index contributed by atoms with van der Waals surface area (Å²) in [6.45, 7) is 0.694. The summed E-state index contributed by atoms with van der Waals surface area (Å²) in [5.74, 6) is -2.20. The van der Waals surface area contributed by atoms with Gasteiger partial charge < -0.3 is 14.2 Å². The number of non-ortho nitro benzene ring substituents is 2. The van der Waals surface area contributed by atoms with E-state index < -0.39 is 49.6 Å². The van der Waals surface area contributed by atoms with E-state index in [-0.39, 0.29) is 41.8 Å². The molecule has 1 fully saturated rings. The summed E-state index contributed by atoms with van der Waals surface area (Å²) >= 11 is 5.74. The maximum absolute atomic E-state index is 13.8. The van der Waals surface area contributed by atoms with Crippen LogP contribution in [0.1, 0.15) is 29.8 Å². The van der Waals surface area contributed by atoms with Crippen LogP contribution in [-0.2, 0) is 41.8 Å². The van der Waals surface area contributed by atoms with E-state index in [0.29, 0.717) is 16.1 Å². The van der Waals surface area contributed by atoms with Crippen molar-refractivity contribution in [1.29, 1.82) is 0 Å². The molecule has 0 radical (unpaired) electrons. The van der Waals surface area contributed by atoms with E-state index in [0.717, 1.165) is 34.6 Å². The predicted molar refractivity (Wildman–Crippen MR) is 177 cm³/mol. The molecule has 1 saturated heterocycles. The highest BCUT2D eigenvalue weighted by Gasteiger charge is 2.69. The third-order valence-corrected chi connectivity index (χ3v) is 10.9. The number of halogens is 1. The Hall–Kier alpha value is -5.47. The van der Waals surface area contributed by atoms with Gasteiger partial charge in [-0.3, -0.25) is 34.7 Å². The Morgan fingerprint density at radius 1 is 1.00 bits per heavy atom. The van der Waals surface area contributed by atoms with Crippen LogP contribution in [0.3, 0.4) is 0 Å². The average Bonchev–Trinajstić information content (AvgIpc) is 3.88. The standard InChI is InChI=1S/C30H21BrN6O11S2/c1-16(38)48-23(30(31)27(40)35-22(15-50-28(30)35)26(39)46-13-17-2-6-19(7-3-17)36(42)43)21-12-34(24(33-21)25-32-10-11-49-25)29(41)47-14-18-4-8-20(9-5-18)37(44)45/h2-12,15,23,28H,13-14H2,1H3. The molecule has 1 amide bonds. The molecule has 2 aliphatic heterocycles. The summed E-state index contributed by atoms with van der Waals surface area (Å²) < 4.78 is 15.9. The molecule has 4 aromatic rings. The maximum atomic E-state index is 13.8. The molecule has 17 nitrogen and oxygen atoms in total. The van der Waals surface area contributed by atoms with Crippen molar-refractivity contribution >= 4 is 74.3 Å². The molecule has 2 aromatic carbocycles. The molecule has 0 aliphatic carbocycles. The summed E-state index contributed by atoms with van der Waals surface area (Å²) in [6, 6.07) is 10.9. The molecule has 0 bridgehead atoms. The number of esters is 2. The fourth-order valence-electron chi connectivity index (χ4n) is 5.03. The second-order valence-electron chi connectivity index (χ2n) is 10.6. The number of benzene rings is 2. The Bertz CT molecular complexity index is 2050. The Labute approximate surface area is 297 Å². The predicted octanol–water partition coefficient (Wildman–Crippen LogP) is 5.25. The van der Waals surface area contributed by atoms with Crippen LogP contribution in [0.5, 0.6) is 0 Å². The summed E-state index contributed by atoms with van der Waals surface area (Å²) in [5.41, 5.74) is 0.652. The molecule has 0 spiro atoms. The van der Waals surface area contributed by atoms with Gasteiger partial charge in [-0.05, 0) is 35.4 Å². The quantitative estimate of drug-likeness (QED) is 0.0474. The average molecular weight is 786 g/mol. The molecule has 3 atom stereocenters. The summed E-state index contributed by atoms with van der Waals surface area (Å²) in [6.07, 6.45) is 0.461. The number of alkyl halides is 1. The third-order valence-electron chi connectivity index (χ3n) is 7.42. The van der Waals surface area contributed by atoms with Crippen molar-refractivity contribution in [2.45, 2.75) is 35.9 Å². The van der Waals surface area contributed by atoms with Gasteiger partial charge in [-0.25, -0.2) is 24.1 Å². The lowest BCUT2D eigenvalue weighted by Crippen LogP contribution is -2.70. The number of imidazole rings is 1. The summed E-state index contributed by atoms with van der Waals surface area (Å²) in [4.78, 5) is 83.3. The highest BCUT2D eigenvalue weighted by atomic mass is 79.9. The van der Waals surface area contributed by atoms with Crippen molar-refractivity contribution in [3.05, 3.63) is 114 Å². The zero-order valence-corrected chi connectivity index (χ0v) is 28.6. The molecule has 256 valence electrons. The highest BCUT2D eigenvalue weighted by Crippen LogP contribution is 2.58. The van der Waals surface area contributed by atoms with E-state index in [1.54, 1.807) is 5.38 Å². The number of nitro groups is 2. The number of ether oxygens (including phenoxy) is 3. The van der Waals surface area contributed by atoms with Gasteiger partial charge in [0.05, 0.1) is 9.85 Å². The molecule has 2 aliphatic rings. The number of amides is 1. The van der Waals surface area contributed by atoms with E-state index in [4.69, 9.17) is 14.2 Å². The minimum atomic E-state index is -1.64. The summed E-state index contributed by atoms with van der Waals surface area (Å²) in [7, 11) is 0. The first kappa shape index (κ1) is 34.4. The molecule has 3 unspecified atom stereocenters. The molecule has 2 aromatic heterocycles. The number of nitro benzene ring substituents is 2. The molecular weight excluding hydrogens is 764 g/mol. The smallest absolute Gasteiger partial charge is 0.420 e. The van der Waals surface area contributed by atoms with Crippen LogP contribution in [0, 0.1) is 20.2 Å². The molecule has 0 saturated carbocycles. The highest BCUT2D eigenvalue weighted by molar-refractivity contribution is 9.10. The summed E-state index contributed by atoms with van der Waals surface area (Å²) in [5, 5.41) is 24.5. The van der Waals surface area contributed by atoms with E-state index >= 15 is 0 Å². The van der Waals surface area contributed by atoms with Crippen LogP contribution in [0.2, 0.25) is 0 Å². The Morgan fingerprint density at radius 2 is 1.60 bits per heavy atom. The lowest BCUT2D eigenvalue weighted by molar-refractivity contribution is -0.385. The molecular formula is C30H21BrN6O11S2. The number of aromatic nitrogens is 3. The number of thiazole rings is 1.